The molecule has 0 saturated heterocycles. The van der Waals surface area contributed by atoms with Gasteiger partial charge in [0.25, 0.3) is 0 Å². The average molecular weight is 268 g/mol. The van der Waals surface area contributed by atoms with Crippen LogP contribution in [0, 0.1) is 0 Å². The van der Waals surface area contributed by atoms with Crippen molar-refractivity contribution in [1.29, 1.82) is 0 Å². The summed E-state index contributed by atoms with van der Waals surface area (Å²) in [6, 6.07) is 21.0. The Labute approximate surface area is 122 Å². The lowest BCUT2D eigenvalue weighted by molar-refractivity contribution is 0.337. The van der Waals surface area contributed by atoms with Crippen LogP contribution in [0.1, 0.15) is 24.5 Å². The summed E-state index contributed by atoms with van der Waals surface area (Å²) >= 11 is 0. The van der Waals surface area contributed by atoms with Crippen molar-refractivity contribution in [3.63, 3.8) is 0 Å². The van der Waals surface area contributed by atoms with Crippen molar-refractivity contribution >= 4 is 0 Å². The van der Waals surface area contributed by atoms with Crippen molar-refractivity contribution in [3.05, 3.63) is 71.8 Å². The highest BCUT2D eigenvalue weighted by Gasteiger charge is 2.21. The van der Waals surface area contributed by atoms with Crippen molar-refractivity contribution < 1.29 is 0 Å². The molecule has 2 heteroatoms. The third-order valence-electron chi connectivity index (χ3n) is 3.82. The first-order valence-corrected chi connectivity index (χ1v) is 7.25. The van der Waals surface area contributed by atoms with Crippen LogP contribution in [0.25, 0.3) is 0 Å². The lowest BCUT2D eigenvalue weighted by Gasteiger charge is -2.30. The molecule has 0 aromatic heterocycles. The summed E-state index contributed by atoms with van der Waals surface area (Å²) in [5, 5.41) is 3.61. The highest BCUT2D eigenvalue weighted by molar-refractivity contribution is 5.16. The van der Waals surface area contributed by atoms with E-state index in [-0.39, 0.29) is 5.54 Å². The maximum Gasteiger partial charge on any atom is 0.0281 e. The molecule has 0 aliphatic rings. The molecule has 0 saturated carbocycles. The number of nitrogens with one attached hydrogen (secondary N) is 1. The molecule has 0 heterocycles. The van der Waals surface area contributed by atoms with Gasteiger partial charge in [-0.05, 0) is 30.9 Å². The zero-order chi connectivity index (χ0) is 14.3. The summed E-state index contributed by atoms with van der Waals surface area (Å²) in [5.74, 6) is 0. The molecule has 0 aliphatic carbocycles. The van der Waals surface area contributed by atoms with Gasteiger partial charge in [0.1, 0.15) is 0 Å². The minimum Gasteiger partial charge on any atom is -0.329 e. The molecule has 20 heavy (non-hydrogen) atoms. The standard InChI is InChI=1S/C18H24N2/c1-18(15-19,13-12-16-8-4-2-5-9-16)20-14-17-10-6-3-7-11-17/h2-11,20H,12-15,19H2,1H3. The van der Waals surface area contributed by atoms with Gasteiger partial charge in [0, 0.05) is 18.6 Å². The molecule has 0 spiro atoms. The largest absolute Gasteiger partial charge is 0.329 e. The van der Waals surface area contributed by atoms with E-state index >= 15 is 0 Å². The van der Waals surface area contributed by atoms with E-state index in [0.29, 0.717) is 6.54 Å². The van der Waals surface area contributed by atoms with Gasteiger partial charge in [0.15, 0.2) is 0 Å². The van der Waals surface area contributed by atoms with Crippen LogP contribution in [-0.4, -0.2) is 12.1 Å². The van der Waals surface area contributed by atoms with Crippen LogP contribution >= 0.6 is 0 Å². The van der Waals surface area contributed by atoms with Crippen molar-refractivity contribution in [2.45, 2.75) is 31.8 Å². The van der Waals surface area contributed by atoms with E-state index in [1.807, 2.05) is 6.07 Å². The van der Waals surface area contributed by atoms with Gasteiger partial charge in [-0.25, -0.2) is 0 Å². The van der Waals surface area contributed by atoms with Crippen LogP contribution < -0.4 is 11.1 Å². The number of benzene rings is 2. The van der Waals surface area contributed by atoms with Crippen LogP contribution in [0.15, 0.2) is 60.7 Å². The van der Waals surface area contributed by atoms with Crippen LogP contribution in [-0.2, 0) is 13.0 Å². The van der Waals surface area contributed by atoms with Gasteiger partial charge < -0.3 is 11.1 Å². The van der Waals surface area contributed by atoms with E-state index in [4.69, 9.17) is 5.73 Å². The van der Waals surface area contributed by atoms with E-state index in [1.165, 1.54) is 11.1 Å². The van der Waals surface area contributed by atoms with Gasteiger partial charge in [-0.2, -0.15) is 0 Å². The molecule has 0 fully saturated rings. The fourth-order valence-corrected chi connectivity index (χ4v) is 2.24. The molecule has 3 N–H and O–H groups in total. The van der Waals surface area contributed by atoms with Gasteiger partial charge in [0.05, 0.1) is 0 Å². The molecule has 0 radical (unpaired) electrons. The Hall–Kier alpha value is -1.64. The molecule has 1 unspecified atom stereocenters. The molecule has 1 atom stereocenters. The second-order valence-electron chi connectivity index (χ2n) is 5.59. The second kappa shape index (κ2) is 7.22. The van der Waals surface area contributed by atoms with Gasteiger partial charge in [-0.15, -0.1) is 0 Å². The van der Waals surface area contributed by atoms with E-state index in [2.05, 4.69) is 66.8 Å². The predicted octanol–water partition coefficient (Wildman–Crippen LogP) is 3.13. The number of nitrogens with two attached hydrogens (primary N) is 1. The Balaban J connectivity index is 1.88. The van der Waals surface area contributed by atoms with E-state index in [1.54, 1.807) is 0 Å². The topological polar surface area (TPSA) is 38.0 Å². The monoisotopic (exact) mass is 268 g/mol. The fraction of sp³-hybridized carbons (Fsp3) is 0.333. The Morgan fingerprint density at radius 1 is 0.900 bits per heavy atom. The lowest BCUT2D eigenvalue weighted by Crippen LogP contribution is -2.48. The van der Waals surface area contributed by atoms with Crippen LogP contribution in [0.2, 0.25) is 0 Å². The Bertz CT molecular complexity index is 450. The first-order valence-electron chi connectivity index (χ1n) is 7.25. The quantitative estimate of drug-likeness (QED) is 0.809. The minimum absolute atomic E-state index is 0.0221. The first-order chi connectivity index (χ1) is 9.72. The van der Waals surface area contributed by atoms with Gasteiger partial charge in [0.2, 0.25) is 0 Å². The molecule has 2 rings (SSSR count). The minimum atomic E-state index is -0.0221. The molecule has 2 nitrogen and oxygen atoms in total. The number of hydrogen-bond donors (Lipinski definition) is 2. The highest BCUT2D eigenvalue weighted by atomic mass is 15.0. The smallest absolute Gasteiger partial charge is 0.0281 e. The second-order valence-corrected chi connectivity index (χ2v) is 5.59. The van der Waals surface area contributed by atoms with Crippen LogP contribution in [0.5, 0.6) is 0 Å². The first kappa shape index (κ1) is 14.8. The maximum atomic E-state index is 5.97. The molecule has 2 aromatic rings. The van der Waals surface area contributed by atoms with Crippen molar-refractivity contribution in [3.8, 4) is 0 Å². The average Bonchev–Trinajstić information content (AvgIpc) is 2.53. The van der Waals surface area contributed by atoms with Crippen LogP contribution in [0.4, 0.5) is 0 Å². The van der Waals surface area contributed by atoms with Crippen molar-refractivity contribution in [2.75, 3.05) is 6.54 Å². The SMILES string of the molecule is CC(CN)(CCc1ccccc1)NCc1ccccc1. The maximum absolute atomic E-state index is 5.97. The summed E-state index contributed by atoms with van der Waals surface area (Å²) in [6.07, 6.45) is 2.09. The van der Waals surface area contributed by atoms with Crippen molar-refractivity contribution in [1.82, 2.24) is 5.32 Å². The third kappa shape index (κ3) is 4.48. The number of hydrogen-bond acceptors (Lipinski definition) is 2. The Kier molecular flexibility index (Phi) is 5.33. The predicted molar refractivity (Wildman–Crippen MR) is 85.5 cm³/mol. The summed E-state index contributed by atoms with van der Waals surface area (Å²) in [5.41, 5.74) is 8.62. The molecule has 106 valence electrons. The van der Waals surface area contributed by atoms with Gasteiger partial charge in [-0.1, -0.05) is 60.7 Å². The van der Waals surface area contributed by atoms with Gasteiger partial charge in [-0.3, -0.25) is 0 Å². The van der Waals surface area contributed by atoms with Crippen molar-refractivity contribution in [2.24, 2.45) is 5.73 Å². The normalized spacial score (nSPS) is 13.9. The lowest BCUT2D eigenvalue weighted by atomic mass is 9.93. The summed E-state index contributed by atoms with van der Waals surface area (Å²) < 4.78 is 0. The third-order valence-corrected chi connectivity index (χ3v) is 3.82. The zero-order valence-corrected chi connectivity index (χ0v) is 12.2. The number of rotatable bonds is 7. The molecule has 2 aromatic carbocycles. The molecular weight excluding hydrogens is 244 g/mol. The van der Waals surface area contributed by atoms with Gasteiger partial charge >= 0.3 is 0 Å². The van der Waals surface area contributed by atoms with E-state index < -0.39 is 0 Å². The molecular formula is C18H24N2. The Morgan fingerprint density at radius 3 is 2.00 bits per heavy atom. The molecule has 0 amide bonds. The van der Waals surface area contributed by atoms with E-state index in [0.717, 1.165) is 19.4 Å². The van der Waals surface area contributed by atoms with E-state index in [9.17, 15) is 0 Å². The van der Waals surface area contributed by atoms with Crippen LogP contribution in [0.3, 0.4) is 0 Å². The summed E-state index contributed by atoms with van der Waals surface area (Å²) in [7, 11) is 0. The zero-order valence-electron chi connectivity index (χ0n) is 12.2. The fourth-order valence-electron chi connectivity index (χ4n) is 2.24. The Morgan fingerprint density at radius 2 is 1.45 bits per heavy atom. The molecule has 0 bridgehead atoms. The summed E-state index contributed by atoms with van der Waals surface area (Å²) in [6.45, 7) is 3.72. The highest BCUT2D eigenvalue weighted by Crippen LogP contribution is 2.14. The number of aryl methyl sites for hydroxylation is 1. The summed E-state index contributed by atoms with van der Waals surface area (Å²) in [4.78, 5) is 0. The molecule has 0 aliphatic heterocycles.